The first-order chi connectivity index (χ1) is 24.4. The molecule has 0 bridgehead atoms. The van der Waals surface area contributed by atoms with Crippen molar-refractivity contribution in [2.75, 3.05) is 32.7 Å². The molecule has 1 saturated heterocycles. The molecule has 8 atom stereocenters. The number of aliphatic hydroxyl groups is 1. The second-order valence-corrected chi connectivity index (χ2v) is 20.0. The van der Waals surface area contributed by atoms with E-state index in [0.29, 0.717) is 50.5 Å². The number of fused-ring (bicyclic) bond motifs is 7. The zero-order valence-electron chi connectivity index (χ0n) is 32.9. The Bertz CT molecular complexity index is 1660. The van der Waals surface area contributed by atoms with Gasteiger partial charge in [-0.05, 0) is 133 Å². The fourth-order valence-electron chi connectivity index (χ4n) is 13.2. The van der Waals surface area contributed by atoms with Crippen LogP contribution in [0.2, 0.25) is 0 Å². The van der Waals surface area contributed by atoms with Gasteiger partial charge in [-0.1, -0.05) is 66.2 Å². The summed E-state index contributed by atoms with van der Waals surface area (Å²) in [7, 11) is 0. The standard InChI is InChI=1S/C44H63N3O5/c1-39(2)20-22-44(38(50)46-26-24-45(25-27-46)29-32(48)13-10-30-8-11-31(12-9-30)47(51)52)23-21-42(6)33(34(44)28-39)14-15-36-41(5)18-17-37(49)40(3,4)35(41)16-19-43(36,42)7/h8-14,34-37,49H,15-29H2,1-7H3/b13-10+/t34-,35-,36+,37-,41-,42+,43+,44-/m0/s1. The van der Waals surface area contributed by atoms with E-state index in [1.165, 1.54) is 25.0 Å². The van der Waals surface area contributed by atoms with Crippen LogP contribution < -0.4 is 0 Å². The molecule has 8 heteroatoms. The molecule has 1 amide bonds. The molecule has 52 heavy (non-hydrogen) atoms. The maximum Gasteiger partial charge on any atom is 0.269 e. The van der Waals surface area contributed by atoms with Crippen molar-refractivity contribution in [1.82, 2.24) is 9.80 Å². The smallest absolute Gasteiger partial charge is 0.269 e. The molecule has 1 aliphatic heterocycles. The average Bonchev–Trinajstić information content (AvgIpc) is 3.09. The van der Waals surface area contributed by atoms with Crippen LogP contribution in [-0.4, -0.2) is 70.3 Å². The van der Waals surface area contributed by atoms with Crippen LogP contribution in [-0.2, 0) is 9.59 Å². The molecule has 0 unspecified atom stereocenters. The number of amides is 1. The normalized spacial score (nSPS) is 39.8. The number of ketones is 1. The highest BCUT2D eigenvalue weighted by Gasteiger charge is 2.69. The first-order valence-corrected chi connectivity index (χ1v) is 20.2. The zero-order chi connectivity index (χ0) is 37.5. The number of benzene rings is 1. The number of carbonyl (C=O) groups excluding carboxylic acids is 2. The number of rotatable bonds is 6. The van der Waals surface area contributed by atoms with Crippen LogP contribution in [0.5, 0.6) is 0 Å². The molecular weight excluding hydrogens is 651 g/mol. The predicted molar refractivity (Wildman–Crippen MR) is 205 cm³/mol. The van der Waals surface area contributed by atoms with Crippen molar-refractivity contribution in [1.29, 1.82) is 0 Å². The molecule has 0 aromatic heterocycles. The molecule has 1 aromatic rings. The Morgan fingerprint density at radius 2 is 1.56 bits per heavy atom. The van der Waals surface area contributed by atoms with Crippen molar-refractivity contribution in [3.8, 4) is 0 Å². The van der Waals surface area contributed by atoms with Crippen molar-refractivity contribution in [3.63, 3.8) is 0 Å². The van der Waals surface area contributed by atoms with Crippen LogP contribution >= 0.6 is 0 Å². The number of carbonyl (C=O) groups is 2. The number of aliphatic hydroxyl groups excluding tert-OH is 1. The largest absolute Gasteiger partial charge is 0.393 e. The highest BCUT2D eigenvalue weighted by atomic mass is 16.6. The Morgan fingerprint density at radius 1 is 0.885 bits per heavy atom. The first kappa shape index (κ1) is 37.5. The van der Waals surface area contributed by atoms with Crippen molar-refractivity contribution in [3.05, 3.63) is 57.7 Å². The number of allylic oxidation sites excluding steroid dienone is 2. The van der Waals surface area contributed by atoms with Crippen LogP contribution in [0.15, 0.2) is 42.0 Å². The molecule has 5 fully saturated rings. The number of nitrogens with zero attached hydrogens (tertiary/aromatic N) is 3. The molecule has 6 aliphatic rings. The summed E-state index contributed by atoms with van der Waals surface area (Å²) in [6, 6.07) is 6.19. The van der Waals surface area contributed by atoms with Gasteiger partial charge in [0.05, 0.1) is 23.0 Å². The van der Waals surface area contributed by atoms with Crippen LogP contribution in [0.1, 0.15) is 118 Å². The van der Waals surface area contributed by atoms with Gasteiger partial charge in [-0.25, -0.2) is 0 Å². The Kier molecular flexibility index (Phi) is 9.29. The van der Waals surface area contributed by atoms with Crippen molar-refractivity contribution >= 4 is 23.5 Å². The van der Waals surface area contributed by atoms with Gasteiger partial charge in [-0.15, -0.1) is 0 Å². The summed E-state index contributed by atoms with van der Waals surface area (Å²) in [4.78, 5) is 42.7. The van der Waals surface area contributed by atoms with E-state index in [0.717, 1.165) is 56.9 Å². The molecule has 8 nitrogen and oxygen atoms in total. The van der Waals surface area contributed by atoms with E-state index in [2.05, 4.69) is 64.3 Å². The number of nitro groups is 1. The first-order valence-electron chi connectivity index (χ1n) is 20.2. The van der Waals surface area contributed by atoms with E-state index in [4.69, 9.17) is 0 Å². The van der Waals surface area contributed by atoms with E-state index in [1.54, 1.807) is 29.9 Å². The summed E-state index contributed by atoms with van der Waals surface area (Å²) in [5.74, 6) is 1.72. The van der Waals surface area contributed by atoms with Gasteiger partial charge >= 0.3 is 0 Å². The van der Waals surface area contributed by atoms with Crippen LogP contribution in [0, 0.1) is 60.4 Å². The molecule has 1 N–H and O–H groups in total. The number of nitro benzene ring substituents is 1. The van der Waals surface area contributed by atoms with Crippen molar-refractivity contribution in [2.45, 2.75) is 119 Å². The van der Waals surface area contributed by atoms with Crippen molar-refractivity contribution in [2.24, 2.45) is 50.2 Å². The monoisotopic (exact) mass is 713 g/mol. The van der Waals surface area contributed by atoms with Gasteiger partial charge in [0.25, 0.3) is 5.69 Å². The van der Waals surface area contributed by atoms with Gasteiger partial charge in [0.15, 0.2) is 5.78 Å². The Balaban J connectivity index is 1.07. The summed E-state index contributed by atoms with van der Waals surface area (Å²) < 4.78 is 0. The van der Waals surface area contributed by atoms with Crippen LogP contribution in [0.4, 0.5) is 5.69 Å². The minimum absolute atomic E-state index is 0.00948. The van der Waals surface area contributed by atoms with E-state index in [9.17, 15) is 24.8 Å². The van der Waals surface area contributed by atoms with Gasteiger partial charge in [0, 0.05) is 38.3 Å². The molecule has 1 heterocycles. The lowest BCUT2D eigenvalue weighted by Gasteiger charge is -2.71. The third-order valence-corrected chi connectivity index (χ3v) is 16.6. The molecule has 4 saturated carbocycles. The van der Waals surface area contributed by atoms with Crippen molar-refractivity contribution < 1.29 is 19.6 Å². The fourth-order valence-corrected chi connectivity index (χ4v) is 13.2. The summed E-state index contributed by atoms with van der Waals surface area (Å²) in [6.45, 7) is 20.2. The van der Waals surface area contributed by atoms with Gasteiger partial charge in [-0.2, -0.15) is 0 Å². The third-order valence-electron chi connectivity index (χ3n) is 16.6. The van der Waals surface area contributed by atoms with Crippen LogP contribution in [0.25, 0.3) is 6.08 Å². The highest BCUT2D eigenvalue weighted by molar-refractivity contribution is 5.95. The molecule has 284 valence electrons. The lowest BCUT2D eigenvalue weighted by molar-refractivity contribution is -0.384. The minimum Gasteiger partial charge on any atom is -0.393 e. The minimum atomic E-state index is -0.429. The molecular formula is C44H63N3O5. The predicted octanol–water partition coefficient (Wildman–Crippen LogP) is 8.48. The molecule has 0 spiro atoms. The SMILES string of the molecule is CC1(C)CC[C@]2(C(=O)N3CCN(CC(=O)/C=C/c4ccc([N+](=O)[O-])cc4)CC3)CC[C@]3(C)C(=CC[C@@H]4[C@@]5(C)CC[C@H](O)C(C)(C)[C@@H]5CC[C@]43C)[C@@H]2C1. The molecule has 0 radical (unpaired) electrons. The van der Waals surface area contributed by atoms with Gasteiger partial charge in [0.2, 0.25) is 5.91 Å². The van der Waals surface area contributed by atoms with E-state index in [-0.39, 0.29) is 56.0 Å². The maximum atomic E-state index is 15.0. The maximum absolute atomic E-state index is 15.0. The van der Waals surface area contributed by atoms with E-state index >= 15 is 0 Å². The lowest BCUT2D eigenvalue weighted by atomic mass is 9.33. The lowest BCUT2D eigenvalue weighted by Crippen LogP contribution is -2.66. The second kappa shape index (κ2) is 12.9. The number of piperazine rings is 1. The van der Waals surface area contributed by atoms with E-state index < -0.39 is 4.92 Å². The summed E-state index contributed by atoms with van der Waals surface area (Å²) in [5, 5.41) is 22.0. The summed E-state index contributed by atoms with van der Waals surface area (Å²) >= 11 is 0. The Morgan fingerprint density at radius 3 is 2.23 bits per heavy atom. The number of hydrogen-bond acceptors (Lipinski definition) is 6. The second-order valence-electron chi connectivity index (χ2n) is 20.0. The zero-order valence-corrected chi connectivity index (χ0v) is 32.9. The Labute approximate surface area is 311 Å². The topological polar surface area (TPSA) is 104 Å². The van der Waals surface area contributed by atoms with Gasteiger partial charge < -0.3 is 10.0 Å². The van der Waals surface area contributed by atoms with E-state index in [1.807, 2.05) is 0 Å². The summed E-state index contributed by atoms with van der Waals surface area (Å²) in [5.41, 5.74) is 2.59. The number of hydrogen-bond donors (Lipinski definition) is 1. The van der Waals surface area contributed by atoms with Crippen LogP contribution in [0.3, 0.4) is 0 Å². The molecule has 5 aliphatic carbocycles. The quantitative estimate of drug-likeness (QED) is 0.137. The molecule has 7 rings (SSSR count). The third kappa shape index (κ3) is 5.84. The average molecular weight is 714 g/mol. The highest BCUT2D eigenvalue weighted by Crippen LogP contribution is 2.75. The summed E-state index contributed by atoms with van der Waals surface area (Å²) in [6.07, 6.45) is 16.3. The number of non-ortho nitro benzene ring substituents is 1. The molecule has 1 aromatic carbocycles. The fraction of sp³-hybridized carbons (Fsp3) is 0.727. The van der Waals surface area contributed by atoms with Gasteiger partial charge in [0.1, 0.15) is 0 Å². The van der Waals surface area contributed by atoms with Gasteiger partial charge in [-0.3, -0.25) is 24.6 Å². The Hall–Kier alpha value is -2.84.